The summed E-state index contributed by atoms with van der Waals surface area (Å²) in [6.07, 6.45) is 1.46. The van der Waals surface area contributed by atoms with Gasteiger partial charge >= 0.3 is 0 Å². The zero-order valence-corrected chi connectivity index (χ0v) is 12.4. The fraction of sp³-hybridized carbons (Fsp3) is 0.667. The van der Waals surface area contributed by atoms with Crippen molar-refractivity contribution in [2.75, 3.05) is 37.6 Å². The van der Waals surface area contributed by atoms with Gasteiger partial charge in [-0.05, 0) is 21.8 Å². The lowest BCUT2D eigenvalue weighted by Gasteiger charge is -2.36. The lowest BCUT2D eigenvalue weighted by molar-refractivity contribution is 0.231. The minimum atomic E-state index is -0.121. The van der Waals surface area contributed by atoms with E-state index in [-0.39, 0.29) is 5.56 Å². The van der Waals surface area contributed by atoms with Crippen LogP contribution in [-0.2, 0) is 0 Å². The first-order chi connectivity index (χ1) is 8.58. The van der Waals surface area contributed by atoms with Gasteiger partial charge in [-0.2, -0.15) is 0 Å². The Morgan fingerprint density at radius 2 is 2.06 bits per heavy atom. The van der Waals surface area contributed by atoms with Crippen LogP contribution in [0, 0.1) is 5.92 Å². The number of aromatic amines is 1. The Bertz CT molecular complexity index is 452. The summed E-state index contributed by atoms with van der Waals surface area (Å²) in [6.45, 7) is 9.50. The topological polar surface area (TPSA) is 52.2 Å². The second kappa shape index (κ2) is 5.84. The summed E-state index contributed by atoms with van der Waals surface area (Å²) in [6, 6.07) is 0. The molecule has 0 unspecified atom stereocenters. The van der Waals surface area contributed by atoms with E-state index >= 15 is 0 Å². The van der Waals surface area contributed by atoms with Crippen LogP contribution in [0.5, 0.6) is 0 Å². The van der Waals surface area contributed by atoms with Crippen LogP contribution in [0.2, 0.25) is 0 Å². The Hall–Kier alpha value is -0.880. The van der Waals surface area contributed by atoms with Gasteiger partial charge in [0, 0.05) is 32.7 Å². The van der Waals surface area contributed by atoms with Crippen molar-refractivity contribution >= 4 is 21.7 Å². The van der Waals surface area contributed by atoms with E-state index in [9.17, 15) is 4.79 Å². The van der Waals surface area contributed by atoms with E-state index in [1.54, 1.807) is 0 Å². The number of hydrogen-bond donors (Lipinski definition) is 1. The van der Waals surface area contributed by atoms with E-state index in [0.29, 0.717) is 10.4 Å². The number of piperazine rings is 1. The zero-order chi connectivity index (χ0) is 13.1. The van der Waals surface area contributed by atoms with Crippen molar-refractivity contribution in [2.45, 2.75) is 13.8 Å². The van der Waals surface area contributed by atoms with Crippen LogP contribution in [0.4, 0.5) is 5.82 Å². The quantitative estimate of drug-likeness (QED) is 0.914. The second-order valence-electron chi connectivity index (χ2n) is 5.05. The largest absolute Gasteiger partial charge is 0.353 e. The molecule has 1 fully saturated rings. The van der Waals surface area contributed by atoms with Crippen LogP contribution in [0.3, 0.4) is 0 Å². The van der Waals surface area contributed by atoms with Crippen LogP contribution in [-0.4, -0.2) is 47.6 Å². The predicted molar refractivity (Wildman–Crippen MR) is 76.0 cm³/mol. The van der Waals surface area contributed by atoms with E-state index in [2.05, 4.69) is 49.5 Å². The highest BCUT2D eigenvalue weighted by atomic mass is 79.9. The van der Waals surface area contributed by atoms with Crippen molar-refractivity contribution in [3.05, 3.63) is 21.2 Å². The number of aromatic nitrogens is 2. The number of nitrogens with zero attached hydrogens (tertiary/aromatic N) is 3. The molecule has 5 nitrogen and oxygen atoms in total. The molecule has 0 aliphatic carbocycles. The maximum absolute atomic E-state index is 11.5. The number of hydrogen-bond acceptors (Lipinski definition) is 4. The Kier molecular flexibility index (Phi) is 4.40. The molecule has 6 heteroatoms. The van der Waals surface area contributed by atoms with Crippen LogP contribution in [0.25, 0.3) is 0 Å². The smallest absolute Gasteiger partial charge is 0.267 e. The molecule has 1 aromatic heterocycles. The Labute approximate surface area is 115 Å². The van der Waals surface area contributed by atoms with E-state index in [1.165, 1.54) is 6.33 Å². The number of anilines is 1. The summed E-state index contributed by atoms with van der Waals surface area (Å²) in [4.78, 5) is 23.0. The molecule has 0 bridgehead atoms. The number of H-pyrrole nitrogens is 1. The van der Waals surface area contributed by atoms with Gasteiger partial charge in [0.1, 0.15) is 10.3 Å². The summed E-state index contributed by atoms with van der Waals surface area (Å²) in [5.41, 5.74) is -0.121. The molecule has 0 spiro atoms. The van der Waals surface area contributed by atoms with Gasteiger partial charge in [0.25, 0.3) is 5.56 Å². The third-order valence-corrected chi connectivity index (χ3v) is 3.79. The summed E-state index contributed by atoms with van der Waals surface area (Å²) < 4.78 is 0.530. The molecule has 2 rings (SSSR count). The summed E-state index contributed by atoms with van der Waals surface area (Å²) in [5.74, 6) is 1.45. The maximum atomic E-state index is 11.5. The molecule has 1 N–H and O–H groups in total. The van der Waals surface area contributed by atoms with Gasteiger partial charge in [0.15, 0.2) is 0 Å². The number of nitrogens with one attached hydrogen (secondary N) is 1. The molecule has 0 atom stereocenters. The highest BCUT2D eigenvalue weighted by molar-refractivity contribution is 9.10. The normalized spacial score (nSPS) is 17.4. The van der Waals surface area contributed by atoms with Crippen LogP contribution in [0.1, 0.15) is 13.8 Å². The fourth-order valence-electron chi connectivity index (χ4n) is 2.25. The lowest BCUT2D eigenvalue weighted by atomic mass is 10.2. The molecule has 0 amide bonds. The highest BCUT2D eigenvalue weighted by Gasteiger charge is 2.20. The molecular weight excluding hydrogens is 296 g/mol. The van der Waals surface area contributed by atoms with Gasteiger partial charge in [0.05, 0.1) is 6.33 Å². The van der Waals surface area contributed by atoms with Gasteiger partial charge in [-0.1, -0.05) is 13.8 Å². The van der Waals surface area contributed by atoms with Crippen molar-refractivity contribution in [3.63, 3.8) is 0 Å². The summed E-state index contributed by atoms with van der Waals surface area (Å²) >= 11 is 3.31. The van der Waals surface area contributed by atoms with Gasteiger partial charge in [-0.3, -0.25) is 9.69 Å². The van der Waals surface area contributed by atoms with Gasteiger partial charge in [0.2, 0.25) is 0 Å². The average molecular weight is 315 g/mol. The molecule has 0 aromatic carbocycles. The first kappa shape index (κ1) is 13.5. The summed E-state index contributed by atoms with van der Waals surface area (Å²) in [5, 5.41) is 0. The molecule has 1 aliphatic heterocycles. The maximum Gasteiger partial charge on any atom is 0.267 e. The predicted octanol–water partition coefficient (Wildman–Crippen LogP) is 1.31. The van der Waals surface area contributed by atoms with E-state index in [0.717, 1.165) is 38.5 Å². The first-order valence-corrected chi connectivity index (χ1v) is 7.07. The second-order valence-corrected chi connectivity index (χ2v) is 5.84. The Morgan fingerprint density at radius 3 is 2.67 bits per heavy atom. The molecule has 0 saturated carbocycles. The van der Waals surface area contributed by atoms with Crippen molar-refractivity contribution < 1.29 is 0 Å². The monoisotopic (exact) mass is 314 g/mol. The van der Waals surface area contributed by atoms with Crippen molar-refractivity contribution in [1.82, 2.24) is 14.9 Å². The van der Waals surface area contributed by atoms with E-state index < -0.39 is 0 Å². The minimum absolute atomic E-state index is 0.121. The van der Waals surface area contributed by atoms with Crippen molar-refractivity contribution in [3.8, 4) is 0 Å². The van der Waals surface area contributed by atoms with Gasteiger partial charge in [-0.15, -0.1) is 0 Å². The third kappa shape index (κ3) is 3.11. The number of rotatable bonds is 3. The molecule has 1 aliphatic rings. The van der Waals surface area contributed by atoms with Gasteiger partial charge in [-0.25, -0.2) is 4.98 Å². The molecule has 18 heavy (non-hydrogen) atoms. The number of halogens is 1. The highest BCUT2D eigenvalue weighted by Crippen LogP contribution is 2.20. The molecule has 1 aromatic rings. The SMILES string of the molecule is CC(C)CN1CCN(c2nc[nH]c(=O)c2Br)CC1. The fourth-order valence-corrected chi connectivity index (χ4v) is 2.72. The molecule has 2 heterocycles. The van der Waals surface area contributed by atoms with Crippen LogP contribution in [0.15, 0.2) is 15.6 Å². The zero-order valence-electron chi connectivity index (χ0n) is 10.8. The standard InChI is InChI=1S/C12H19BrN4O/c1-9(2)7-16-3-5-17(6-4-16)11-10(13)12(18)15-8-14-11/h8-9H,3-7H2,1-2H3,(H,14,15,18). The van der Waals surface area contributed by atoms with Crippen LogP contribution < -0.4 is 10.5 Å². The average Bonchev–Trinajstić information content (AvgIpc) is 2.33. The Morgan fingerprint density at radius 1 is 1.39 bits per heavy atom. The van der Waals surface area contributed by atoms with Crippen molar-refractivity contribution in [1.29, 1.82) is 0 Å². The summed E-state index contributed by atoms with van der Waals surface area (Å²) in [7, 11) is 0. The van der Waals surface area contributed by atoms with Crippen LogP contribution >= 0.6 is 15.9 Å². The van der Waals surface area contributed by atoms with E-state index in [1.807, 2.05) is 0 Å². The molecule has 1 saturated heterocycles. The van der Waals surface area contributed by atoms with Gasteiger partial charge < -0.3 is 9.88 Å². The first-order valence-electron chi connectivity index (χ1n) is 6.28. The van der Waals surface area contributed by atoms with Crippen molar-refractivity contribution in [2.24, 2.45) is 5.92 Å². The minimum Gasteiger partial charge on any atom is -0.353 e. The van der Waals surface area contributed by atoms with E-state index in [4.69, 9.17) is 0 Å². The lowest BCUT2D eigenvalue weighted by Crippen LogP contribution is -2.48. The molecular formula is C12H19BrN4O. The molecule has 0 radical (unpaired) electrons. The Balaban J connectivity index is 2.01. The third-order valence-electron chi connectivity index (χ3n) is 3.07. The molecule has 100 valence electrons.